The van der Waals surface area contributed by atoms with Crippen molar-refractivity contribution in [3.63, 3.8) is 0 Å². The Morgan fingerprint density at radius 1 is 1.00 bits per heavy atom. The van der Waals surface area contributed by atoms with Gasteiger partial charge in [0.05, 0.1) is 5.69 Å². The maximum absolute atomic E-state index is 11.9. The fourth-order valence-electron chi connectivity index (χ4n) is 2.29. The topological polar surface area (TPSA) is 45.8 Å². The second kappa shape index (κ2) is 6.84. The Kier molecular flexibility index (Phi) is 4.63. The van der Waals surface area contributed by atoms with E-state index in [1.165, 1.54) is 22.9 Å². The quantitative estimate of drug-likeness (QED) is 0.574. The van der Waals surface area contributed by atoms with Crippen molar-refractivity contribution in [3.8, 4) is 11.3 Å². The molecule has 0 unspecified atom stereocenters. The Morgan fingerprint density at radius 3 is 2.52 bits per heavy atom. The van der Waals surface area contributed by atoms with Crippen LogP contribution in [0.4, 0.5) is 0 Å². The highest BCUT2D eigenvalue weighted by atomic mass is 32.2. The molecule has 23 heavy (non-hydrogen) atoms. The van der Waals surface area contributed by atoms with Crippen LogP contribution in [0.2, 0.25) is 0 Å². The summed E-state index contributed by atoms with van der Waals surface area (Å²) in [5.41, 5.74) is 5.16. The van der Waals surface area contributed by atoms with Gasteiger partial charge in [0.15, 0.2) is 5.16 Å². The van der Waals surface area contributed by atoms with Crippen molar-refractivity contribution in [3.05, 3.63) is 81.6 Å². The molecular weight excluding hydrogens is 304 g/mol. The smallest absolute Gasteiger partial charge is 0.252 e. The van der Waals surface area contributed by atoms with Gasteiger partial charge in [-0.25, -0.2) is 4.98 Å². The molecule has 0 saturated heterocycles. The van der Waals surface area contributed by atoms with E-state index in [9.17, 15) is 4.79 Å². The molecule has 0 bridgehead atoms. The molecule has 0 aliphatic rings. The molecule has 0 spiro atoms. The number of aromatic nitrogens is 2. The Hall–Kier alpha value is -2.33. The zero-order valence-electron chi connectivity index (χ0n) is 13.2. The summed E-state index contributed by atoms with van der Waals surface area (Å²) >= 11 is 1.54. The van der Waals surface area contributed by atoms with Gasteiger partial charge >= 0.3 is 0 Å². The van der Waals surface area contributed by atoms with Crippen LogP contribution in [0.15, 0.2) is 64.5 Å². The molecule has 1 N–H and O–H groups in total. The van der Waals surface area contributed by atoms with E-state index >= 15 is 0 Å². The summed E-state index contributed by atoms with van der Waals surface area (Å²) in [6, 6.07) is 18.0. The van der Waals surface area contributed by atoms with Gasteiger partial charge in [0.25, 0.3) is 5.56 Å². The fourth-order valence-corrected chi connectivity index (χ4v) is 3.12. The van der Waals surface area contributed by atoms with Crippen molar-refractivity contribution in [1.82, 2.24) is 9.97 Å². The van der Waals surface area contributed by atoms with E-state index in [2.05, 4.69) is 41.2 Å². The number of benzene rings is 2. The summed E-state index contributed by atoms with van der Waals surface area (Å²) in [5.74, 6) is 0.778. The predicted molar refractivity (Wildman–Crippen MR) is 95.8 cm³/mol. The highest BCUT2D eigenvalue weighted by molar-refractivity contribution is 7.98. The molecular formula is C19H18N2OS. The standard InChI is InChI=1S/C19H18N2OS/c1-13-6-8-15(9-7-13)12-23-19-20-17(11-18(22)21-19)16-5-3-4-14(2)10-16/h3-11H,12H2,1-2H3,(H,20,21,22). The molecule has 3 aromatic rings. The largest absolute Gasteiger partial charge is 0.301 e. The number of aryl methyl sites for hydroxylation is 2. The Bertz CT molecular complexity index is 869. The molecule has 116 valence electrons. The van der Waals surface area contributed by atoms with Gasteiger partial charge in [-0.3, -0.25) is 4.79 Å². The summed E-state index contributed by atoms with van der Waals surface area (Å²) < 4.78 is 0. The third-order valence-corrected chi connectivity index (χ3v) is 4.47. The SMILES string of the molecule is Cc1ccc(CSc2nc(-c3cccc(C)c3)cc(=O)[nH]2)cc1. The summed E-state index contributed by atoms with van der Waals surface area (Å²) in [6.07, 6.45) is 0. The Balaban J connectivity index is 1.83. The van der Waals surface area contributed by atoms with E-state index in [1.54, 1.807) is 6.07 Å². The molecule has 0 aliphatic carbocycles. The van der Waals surface area contributed by atoms with E-state index in [1.807, 2.05) is 31.2 Å². The molecule has 0 amide bonds. The number of hydrogen-bond acceptors (Lipinski definition) is 3. The molecule has 0 aliphatic heterocycles. The minimum atomic E-state index is -0.122. The van der Waals surface area contributed by atoms with Crippen LogP contribution in [-0.2, 0) is 5.75 Å². The first kappa shape index (κ1) is 15.6. The van der Waals surface area contributed by atoms with E-state index in [-0.39, 0.29) is 5.56 Å². The number of aromatic amines is 1. The third kappa shape index (κ3) is 4.11. The van der Waals surface area contributed by atoms with Gasteiger partial charge < -0.3 is 4.98 Å². The number of hydrogen-bond donors (Lipinski definition) is 1. The highest BCUT2D eigenvalue weighted by Gasteiger charge is 2.05. The fraction of sp³-hybridized carbons (Fsp3) is 0.158. The van der Waals surface area contributed by atoms with Crippen molar-refractivity contribution in [2.75, 3.05) is 0 Å². The van der Waals surface area contributed by atoms with E-state index < -0.39 is 0 Å². The molecule has 0 saturated carbocycles. The van der Waals surface area contributed by atoms with Crippen molar-refractivity contribution in [2.24, 2.45) is 0 Å². The third-order valence-electron chi connectivity index (χ3n) is 3.53. The molecule has 1 aromatic heterocycles. The first-order valence-corrected chi connectivity index (χ1v) is 8.45. The van der Waals surface area contributed by atoms with Gasteiger partial charge in [0.2, 0.25) is 0 Å². The van der Waals surface area contributed by atoms with Crippen LogP contribution in [0.25, 0.3) is 11.3 Å². The predicted octanol–water partition coefficient (Wildman–Crippen LogP) is 4.35. The molecule has 0 fully saturated rings. The van der Waals surface area contributed by atoms with Crippen LogP contribution >= 0.6 is 11.8 Å². The molecule has 3 nitrogen and oxygen atoms in total. The van der Waals surface area contributed by atoms with Crippen LogP contribution in [0.3, 0.4) is 0 Å². The molecule has 1 heterocycles. The van der Waals surface area contributed by atoms with Crippen molar-refractivity contribution in [2.45, 2.75) is 24.8 Å². The zero-order chi connectivity index (χ0) is 16.2. The average Bonchev–Trinajstić information content (AvgIpc) is 2.54. The van der Waals surface area contributed by atoms with Gasteiger partial charge in [-0.1, -0.05) is 65.4 Å². The summed E-state index contributed by atoms with van der Waals surface area (Å²) in [4.78, 5) is 19.3. The minimum Gasteiger partial charge on any atom is -0.301 e. The maximum Gasteiger partial charge on any atom is 0.252 e. The van der Waals surface area contributed by atoms with E-state index in [4.69, 9.17) is 0 Å². The Morgan fingerprint density at radius 2 is 1.78 bits per heavy atom. The van der Waals surface area contributed by atoms with Crippen molar-refractivity contribution in [1.29, 1.82) is 0 Å². The van der Waals surface area contributed by atoms with Gasteiger partial charge in [-0.2, -0.15) is 0 Å². The molecule has 0 atom stereocenters. The highest BCUT2D eigenvalue weighted by Crippen LogP contribution is 2.22. The average molecular weight is 322 g/mol. The van der Waals surface area contributed by atoms with Gasteiger partial charge in [-0.05, 0) is 25.5 Å². The monoisotopic (exact) mass is 322 g/mol. The van der Waals surface area contributed by atoms with Crippen LogP contribution in [0.5, 0.6) is 0 Å². The second-order valence-electron chi connectivity index (χ2n) is 5.58. The number of thioether (sulfide) groups is 1. The Labute approximate surface area is 139 Å². The summed E-state index contributed by atoms with van der Waals surface area (Å²) in [7, 11) is 0. The lowest BCUT2D eigenvalue weighted by Gasteiger charge is -2.05. The van der Waals surface area contributed by atoms with Crippen molar-refractivity contribution < 1.29 is 0 Å². The molecule has 3 rings (SSSR count). The van der Waals surface area contributed by atoms with Crippen molar-refractivity contribution >= 4 is 11.8 Å². The summed E-state index contributed by atoms with van der Waals surface area (Å²) in [6.45, 7) is 4.10. The second-order valence-corrected chi connectivity index (χ2v) is 6.54. The lowest BCUT2D eigenvalue weighted by atomic mass is 10.1. The van der Waals surface area contributed by atoms with Crippen LogP contribution in [-0.4, -0.2) is 9.97 Å². The van der Waals surface area contributed by atoms with Gasteiger partial charge in [0.1, 0.15) is 0 Å². The lowest BCUT2D eigenvalue weighted by molar-refractivity contribution is 0.942. The van der Waals surface area contributed by atoms with Gasteiger partial charge in [-0.15, -0.1) is 0 Å². The lowest BCUT2D eigenvalue weighted by Crippen LogP contribution is -2.08. The van der Waals surface area contributed by atoms with Crippen LogP contribution in [0, 0.1) is 13.8 Å². The summed E-state index contributed by atoms with van der Waals surface area (Å²) in [5, 5.41) is 0.648. The first-order chi connectivity index (χ1) is 11.1. The molecule has 0 radical (unpaired) electrons. The minimum absolute atomic E-state index is 0.122. The number of nitrogens with one attached hydrogen (secondary N) is 1. The molecule has 4 heteroatoms. The normalized spacial score (nSPS) is 10.7. The number of nitrogens with zero attached hydrogens (tertiary/aromatic N) is 1. The zero-order valence-corrected chi connectivity index (χ0v) is 14.0. The van der Waals surface area contributed by atoms with Crippen LogP contribution < -0.4 is 5.56 Å². The maximum atomic E-state index is 11.9. The van der Waals surface area contributed by atoms with E-state index in [0.717, 1.165) is 16.9 Å². The molecule has 2 aromatic carbocycles. The van der Waals surface area contributed by atoms with E-state index in [0.29, 0.717) is 10.9 Å². The first-order valence-electron chi connectivity index (χ1n) is 7.47. The van der Waals surface area contributed by atoms with Gasteiger partial charge in [0, 0.05) is 17.4 Å². The number of H-pyrrole nitrogens is 1. The number of rotatable bonds is 4. The van der Waals surface area contributed by atoms with Crippen LogP contribution in [0.1, 0.15) is 16.7 Å².